The summed E-state index contributed by atoms with van der Waals surface area (Å²) in [6.45, 7) is 1.77. The number of amides is 1. The van der Waals surface area contributed by atoms with Crippen LogP contribution in [0.3, 0.4) is 0 Å². The molecule has 0 radical (unpaired) electrons. The third-order valence-electron chi connectivity index (χ3n) is 3.61. The molecule has 2 rings (SSSR count). The van der Waals surface area contributed by atoms with Gasteiger partial charge in [-0.3, -0.25) is 9.63 Å². The van der Waals surface area contributed by atoms with E-state index in [1.54, 1.807) is 6.07 Å². The molecule has 0 aliphatic carbocycles. The summed E-state index contributed by atoms with van der Waals surface area (Å²) < 4.78 is 42.0. The highest BCUT2D eigenvalue weighted by Gasteiger charge is 2.20. The first-order chi connectivity index (χ1) is 12.5. The summed E-state index contributed by atoms with van der Waals surface area (Å²) in [7, 11) is 0. The van der Waals surface area contributed by atoms with Crippen LogP contribution in [0, 0.1) is 17.5 Å². The number of nitrogens with one attached hydrogen (secondary N) is 2. The van der Waals surface area contributed by atoms with Gasteiger partial charge in [-0.2, -0.15) is 0 Å². The number of anilines is 2. The van der Waals surface area contributed by atoms with Gasteiger partial charge in [-0.05, 0) is 42.7 Å². The van der Waals surface area contributed by atoms with Gasteiger partial charge in [0, 0.05) is 6.61 Å². The maximum atomic E-state index is 14.2. The average Bonchev–Trinajstić information content (AvgIpc) is 2.63. The van der Waals surface area contributed by atoms with Crippen molar-refractivity contribution in [2.24, 2.45) is 0 Å². The zero-order valence-corrected chi connectivity index (χ0v) is 14.1. The van der Waals surface area contributed by atoms with Gasteiger partial charge in [-0.15, -0.1) is 0 Å². The lowest BCUT2D eigenvalue weighted by molar-refractivity contribution is 0.0262. The SMILES string of the molecule is CCc1ccc(Nc2c(C(=O)NOCCCO)ccc(F)c2F)c(F)c1. The first-order valence-corrected chi connectivity index (χ1v) is 8.04. The molecule has 0 saturated heterocycles. The van der Waals surface area contributed by atoms with Gasteiger partial charge in [0.2, 0.25) is 0 Å². The van der Waals surface area contributed by atoms with Crippen LogP contribution in [0.25, 0.3) is 0 Å². The van der Waals surface area contributed by atoms with E-state index in [9.17, 15) is 18.0 Å². The largest absolute Gasteiger partial charge is 0.396 e. The molecule has 0 atom stereocenters. The van der Waals surface area contributed by atoms with E-state index >= 15 is 0 Å². The molecular formula is C18H19F3N2O3. The summed E-state index contributed by atoms with van der Waals surface area (Å²) in [5.74, 6) is -3.99. The molecule has 2 aromatic carbocycles. The van der Waals surface area contributed by atoms with E-state index in [4.69, 9.17) is 9.94 Å². The van der Waals surface area contributed by atoms with Crippen molar-refractivity contribution in [1.82, 2.24) is 5.48 Å². The lowest BCUT2D eigenvalue weighted by Crippen LogP contribution is -2.25. The number of rotatable bonds is 8. The van der Waals surface area contributed by atoms with Crippen molar-refractivity contribution in [3.8, 4) is 0 Å². The Labute approximate surface area is 148 Å². The van der Waals surface area contributed by atoms with Gasteiger partial charge in [-0.1, -0.05) is 13.0 Å². The van der Waals surface area contributed by atoms with E-state index in [0.29, 0.717) is 6.42 Å². The molecule has 0 aliphatic heterocycles. The van der Waals surface area contributed by atoms with Gasteiger partial charge < -0.3 is 10.4 Å². The third kappa shape index (κ3) is 4.74. The number of carbonyl (C=O) groups excluding carboxylic acids is 1. The quantitative estimate of drug-likeness (QED) is 0.493. The molecule has 0 fully saturated rings. The molecule has 0 aromatic heterocycles. The number of aryl methyl sites for hydroxylation is 1. The molecule has 0 bridgehead atoms. The molecule has 140 valence electrons. The van der Waals surface area contributed by atoms with Crippen LogP contribution >= 0.6 is 0 Å². The fourth-order valence-electron chi connectivity index (χ4n) is 2.18. The van der Waals surface area contributed by atoms with Crippen molar-refractivity contribution >= 4 is 17.3 Å². The highest BCUT2D eigenvalue weighted by atomic mass is 19.2. The second-order valence-corrected chi connectivity index (χ2v) is 5.43. The van der Waals surface area contributed by atoms with E-state index in [1.165, 1.54) is 12.1 Å². The highest BCUT2D eigenvalue weighted by Crippen LogP contribution is 2.28. The monoisotopic (exact) mass is 368 g/mol. The number of hydrogen-bond donors (Lipinski definition) is 3. The van der Waals surface area contributed by atoms with Crippen molar-refractivity contribution in [3.63, 3.8) is 0 Å². The Morgan fingerprint density at radius 1 is 1.15 bits per heavy atom. The van der Waals surface area contributed by atoms with E-state index in [0.717, 1.165) is 17.7 Å². The molecule has 0 saturated carbocycles. The zero-order chi connectivity index (χ0) is 19.1. The lowest BCUT2D eigenvalue weighted by Gasteiger charge is -2.14. The van der Waals surface area contributed by atoms with Gasteiger partial charge in [-0.25, -0.2) is 18.7 Å². The summed E-state index contributed by atoms with van der Waals surface area (Å²) >= 11 is 0. The van der Waals surface area contributed by atoms with Gasteiger partial charge in [0.15, 0.2) is 11.6 Å². The fraction of sp³-hybridized carbons (Fsp3) is 0.278. The van der Waals surface area contributed by atoms with Crippen LogP contribution in [0.15, 0.2) is 30.3 Å². The number of hydrogen-bond acceptors (Lipinski definition) is 4. The molecule has 26 heavy (non-hydrogen) atoms. The number of carbonyl (C=O) groups is 1. The molecular weight excluding hydrogens is 349 g/mol. The van der Waals surface area contributed by atoms with E-state index in [-0.39, 0.29) is 30.9 Å². The highest BCUT2D eigenvalue weighted by molar-refractivity contribution is 5.99. The molecule has 0 aliphatic rings. The van der Waals surface area contributed by atoms with Gasteiger partial charge in [0.25, 0.3) is 5.91 Å². The Balaban J connectivity index is 2.29. The molecule has 1 amide bonds. The molecule has 0 unspecified atom stereocenters. The van der Waals surface area contributed by atoms with Crippen LogP contribution in [0.4, 0.5) is 24.5 Å². The van der Waals surface area contributed by atoms with Crippen LogP contribution < -0.4 is 10.8 Å². The van der Waals surface area contributed by atoms with Crippen LogP contribution in [0.2, 0.25) is 0 Å². The zero-order valence-electron chi connectivity index (χ0n) is 14.1. The Morgan fingerprint density at radius 2 is 1.92 bits per heavy atom. The number of benzene rings is 2. The van der Waals surface area contributed by atoms with E-state index in [1.807, 2.05) is 6.92 Å². The summed E-state index contributed by atoms with van der Waals surface area (Å²) in [4.78, 5) is 17.0. The minimum Gasteiger partial charge on any atom is -0.396 e. The number of halogens is 3. The average molecular weight is 368 g/mol. The predicted molar refractivity (Wildman–Crippen MR) is 90.5 cm³/mol. The molecule has 8 heteroatoms. The van der Waals surface area contributed by atoms with Crippen molar-refractivity contribution in [3.05, 3.63) is 58.9 Å². The van der Waals surface area contributed by atoms with Gasteiger partial charge in [0.05, 0.1) is 23.5 Å². The number of aliphatic hydroxyl groups is 1. The fourth-order valence-corrected chi connectivity index (χ4v) is 2.18. The molecule has 5 nitrogen and oxygen atoms in total. The second-order valence-electron chi connectivity index (χ2n) is 5.43. The van der Waals surface area contributed by atoms with Crippen LogP contribution in [-0.2, 0) is 11.3 Å². The number of aliphatic hydroxyl groups excluding tert-OH is 1. The Hall–Kier alpha value is -2.58. The smallest absolute Gasteiger partial charge is 0.277 e. The summed E-state index contributed by atoms with van der Waals surface area (Å²) in [5, 5.41) is 11.1. The van der Waals surface area contributed by atoms with Crippen LogP contribution in [-0.4, -0.2) is 24.2 Å². The Morgan fingerprint density at radius 3 is 2.58 bits per heavy atom. The first-order valence-electron chi connectivity index (χ1n) is 8.04. The summed E-state index contributed by atoms with van der Waals surface area (Å²) in [5.41, 5.74) is 1.95. The van der Waals surface area contributed by atoms with E-state index in [2.05, 4.69) is 10.8 Å². The second kappa shape index (κ2) is 9.21. The van der Waals surface area contributed by atoms with Gasteiger partial charge in [0.1, 0.15) is 5.82 Å². The first kappa shape index (κ1) is 19.7. The minimum absolute atomic E-state index is 0.0434. The molecule has 2 aromatic rings. The lowest BCUT2D eigenvalue weighted by atomic mass is 10.1. The van der Waals surface area contributed by atoms with E-state index < -0.39 is 29.0 Å². The third-order valence-corrected chi connectivity index (χ3v) is 3.61. The summed E-state index contributed by atoms with van der Waals surface area (Å²) in [6, 6.07) is 6.15. The number of hydroxylamine groups is 1. The van der Waals surface area contributed by atoms with Gasteiger partial charge >= 0.3 is 0 Å². The van der Waals surface area contributed by atoms with Crippen molar-refractivity contribution < 1.29 is 27.9 Å². The standard InChI is InChI=1S/C18H19F3N2O3/c1-2-11-4-7-15(14(20)10-11)22-17-12(5-6-13(19)16(17)21)18(25)23-26-9-3-8-24/h4-7,10,22,24H,2-3,8-9H2,1H3,(H,23,25). The topological polar surface area (TPSA) is 70.6 Å². The Kier molecular flexibility index (Phi) is 6.99. The predicted octanol–water partition coefficient (Wildman–Crippen LogP) is 3.45. The maximum absolute atomic E-state index is 14.2. The summed E-state index contributed by atoms with van der Waals surface area (Å²) in [6.07, 6.45) is 0.905. The molecule has 3 N–H and O–H groups in total. The van der Waals surface area contributed by atoms with Crippen LogP contribution in [0.1, 0.15) is 29.3 Å². The maximum Gasteiger partial charge on any atom is 0.277 e. The molecule has 0 spiro atoms. The van der Waals surface area contributed by atoms with Crippen molar-refractivity contribution in [2.45, 2.75) is 19.8 Å². The molecule has 0 heterocycles. The normalized spacial score (nSPS) is 10.7. The van der Waals surface area contributed by atoms with Crippen molar-refractivity contribution in [2.75, 3.05) is 18.5 Å². The van der Waals surface area contributed by atoms with Crippen LogP contribution in [0.5, 0.6) is 0 Å². The Bertz CT molecular complexity index is 785. The van der Waals surface area contributed by atoms with Crippen molar-refractivity contribution in [1.29, 1.82) is 0 Å². The minimum atomic E-state index is -1.31.